The topological polar surface area (TPSA) is 43.4 Å². The van der Waals surface area contributed by atoms with E-state index in [4.69, 9.17) is 4.74 Å². The lowest BCUT2D eigenvalue weighted by molar-refractivity contribution is 0.127. The number of rotatable bonds is 4. The molecule has 1 fully saturated rings. The smallest absolute Gasteiger partial charge is 0.156 e. The third-order valence-corrected chi connectivity index (χ3v) is 5.30. The molecule has 1 unspecified atom stereocenters. The SMILES string of the molecule is CC(C)(C)c1cccc(CS(=O)(=O)CC2CCCO2)c1. The highest BCUT2D eigenvalue weighted by Gasteiger charge is 2.24. The van der Waals surface area contributed by atoms with Gasteiger partial charge in [-0.15, -0.1) is 0 Å². The Bertz CT molecular complexity index is 549. The van der Waals surface area contributed by atoms with E-state index >= 15 is 0 Å². The number of ether oxygens (including phenoxy) is 1. The minimum absolute atomic E-state index is 0.0360. The van der Waals surface area contributed by atoms with Gasteiger partial charge in [0, 0.05) is 6.61 Å². The van der Waals surface area contributed by atoms with Gasteiger partial charge in [-0.2, -0.15) is 0 Å². The molecule has 1 aliphatic heterocycles. The Morgan fingerprint density at radius 1 is 1.30 bits per heavy atom. The molecule has 3 nitrogen and oxygen atoms in total. The van der Waals surface area contributed by atoms with Crippen molar-refractivity contribution in [1.82, 2.24) is 0 Å². The van der Waals surface area contributed by atoms with Crippen LogP contribution in [0.3, 0.4) is 0 Å². The summed E-state index contributed by atoms with van der Waals surface area (Å²) < 4.78 is 29.9. The molecule has 0 amide bonds. The van der Waals surface area contributed by atoms with Crippen LogP contribution in [0.2, 0.25) is 0 Å². The van der Waals surface area contributed by atoms with Crippen LogP contribution in [0.1, 0.15) is 44.7 Å². The summed E-state index contributed by atoms with van der Waals surface area (Å²) in [6, 6.07) is 7.89. The molecule has 20 heavy (non-hydrogen) atoms. The molecule has 1 aromatic rings. The molecule has 0 saturated carbocycles. The van der Waals surface area contributed by atoms with Crippen LogP contribution >= 0.6 is 0 Å². The van der Waals surface area contributed by atoms with Gasteiger partial charge in [-0.05, 0) is 29.4 Å². The molecule has 0 spiro atoms. The third-order valence-electron chi connectivity index (χ3n) is 3.64. The summed E-state index contributed by atoms with van der Waals surface area (Å²) in [5.41, 5.74) is 2.08. The molecule has 0 aromatic heterocycles. The first-order valence-electron chi connectivity index (χ1n) is 7.18. The third kappa shape index (κ3) is 4.32. The summed E-state index contributed by atoms with van der Waals surface area (Å²) >= 11 is 0. The van der Waals surface area contributed by atoms with Crippen molar-refractivity contribution in [1.29, 1.82) is 0 Å². The molecule has 1 saturated heterocycles. The van der Waals surface area contributed by atoms with Crippen LogP contribution in [0.25, 0.3) is 0 Å². The first-order chi connectivity index (χ1) is 9.26. The van der Waals surface area contributed by atoms with Crippen molar-refractivity contribution < 1.29 is 13.2 Å². The monoisotopic (exact) mass is 296 g/mol. The Hall–Kier alpha value is -0.870. The van der Waals surface area contributed by atoms with Crippen LogP contribution < -0.4 is 0 Å². The van der Waals surface area contributed by atoms with Crippen LogP contribution in [0.5, 0.6) is 0 Å². The molecule has 1 aromatic carbocycles. The highest BCUT2D eigenvalue weighted by Crippen LogP contribution is 2.24. The molecular weight excluding hydrogens is 272 g/mol. The largest absolute Gasteiger partial charge is 0.377 e. The predicted octanol–water partition coefficient (Wildman–Crippen LogP) is 3.08. The molecule has 0 bridgehead atoms. The summed E-state index contributed by atoms with van der Waals surface area (Å²) in [4.78, 5) is 0. The van der Waals surface area contributed by atoms with Gasteiger partial charge < -0.3 is 4.74 Å². The maximum Gasteiger partial charge on any atom is 0.156 e. The van der Waals surface area contributed by atoms with Crippen molar-refractivity contribution in [2.75, 3.05) is 12.4 Å². The van der Waals surface area contributed by atoms with Crippen LogP contribution in [-0.2, 0) is 25.7 Å². The van der Waals surface area contributed by atoms with Gasteiger partial charge >= 0.3 is 0 Å². The first kappa shape index (κ1) is 15.5. The molecule has 4 heteroatoms. The Morgan fingerprint density at radius 2 is 2.05 bits per heavy atom. The summed E-state index contributed by atoms with van der Waals surface area (Å²) in [5.74, 6) is 0.253. The van der Waals surface area contributed by atoms with E-state index in [1.165, 1.54) is 5.56 Å². The summed E-state index contributed by atoms with van der Waals surface area (Å²) in [5, 5.41) is 0. The van der Waals surface area contributed by atoms with Crippen LogP contribution in [0, 0.1) is 0 Å². The number of hydrogen-bond donors (Lipinski definition) is 0. The van der Waals surface area contributed by atoms with Crippen molar-refractivity contribution in [3.8, 4) is 0 Å². The normalized spacial score (nSPS) is 20.2. The van der Waals surface area contributed by atoms with E-state index in [-0.39, 0.29) is 23.0 Å². The van der Waals surface area contributed by atoms with E-state index < -0.39 is 9.84 Å². The standard InChI is InChI=1S/C16H24O3S/c1-16(2,3)14-7-4-6-13(10-14)11-20(17,18)12-15-8-5-9-19-15/h4,6-7,10,15H,5,8-9,11-12H2,1-3H3. The minimum Gasteiger partial charge on any atom is -0.377 e. The van der Waals surface area contributed by atoms with Gasteiger partial charge in [0.05, 0.1) is 17.6 Å². The average molecular weight is 296 g/mol. The van der Waals surface area contributed by atoms with Gasteiger partial charge in [0.15, 0.2) is 9.84 Å². The van der Waals surface area contributed by atoms with Gasteiger partial charge in [-0.3, -0.25) is 0 Å². The van der Waals surface area contributed by atoms with E-state index in [2.05, 4.69) is 26.8 Å². The molecule has 1 aliphatic rings. The minimum atomic E-state index is -3.11. The van der Waals surface area contributed by atoms with Crippen molar-refractivity contribution in [2.24, 2.45) is 0 Å². The van der Waals surface area contributed by atoms with E-state index in [0.717, 1.165) is 18.4 Å². The van der Waals surface area contributed by atoms with Crippen molar-refractivity contribution >= 4 is 9.84 Å². The fourth-order valence-corrected chi connectivity index (χ4v) is 4.13. The van der Waals surface area contributed by atoms with Crippen LogP contribution in [0.4, 0.5) is 0 Å². The molecule has 2 rings (SSSR count). The second kappa shape index (κ2) is 5.86. The lowest BCUT2D eigenvalue weighted by atomic mass is 9.86. The van der Waals surface area contributed by atoms with Gasteiger partial charge in [-0.25, -0.2) is 8.42 Å². The van der Waals surface area contributed by atoms with Crippen molar-refractivity contribution in [3.63, 3.8) is 0 Å². The maximum atomic E-state index is 12.2. The van der Waals surface area contributed by atoms with E-state index in [0.29, 0.717) is 6.61 Å². The van der Waals surface area contributed by atoms with Crippen LogP contribution in [-0.4, -0.2) is 26.9 Å². The second-order valence-corrected chi connectivity index (χ2v) is 8.75. The maximum absolute atomic E-state index is 12.2. The molecule has 1 heterocycles. The first-order valence-corrected chi connectivity index (χ1v) is 9.00. The zero-order valence-corrected chi connectivity index (χ0v) is 13.4. The van der Waals surface area contributed by atoms with Gasteiger partial charge in [0.2, 0.25) is 0 Å². The Morgan fingerprint density at radius 3 is 2.65 bits per heavy atom. The Labute approximate surface area is 122 Å². The highest BCUT2D eigenvalue weighted by molar-refractivity contribution is 7.90. The summed E-state index contributed by atoms with van der Waals surface area (Å²) in [7, 11) is -3.11. The molecule has 0 radical (unpaired) electrons. The van der Waals surface area contributed by atoms with Gasteiger partial charge in [0.25, 0.3) is 0 Å². The number of benzene rings is 1. The molecule has 0 aliphatic carbocycles. The van der Waals surface area contributed by atoms with E-state index in [1.807, 2.05) is 18.2 Å². The van der Waals surface area contributed by atoms with Crippen molar-refractivity contribution in [2.45, 2.75) is 50.9 Å². The zero-order chi connectivity index (χ0) is 14.8. The molecule has 112 valence electrons. The lowest BCUT2D eigenvalue weighted by Crippen LogP contribution is -2.21. The Balaban J connectivity index is 2.08. The summed E-state index contributed by atoms with van der Waals surface area (Å²) in [6.45, 7) is 7.09. The van der Waals surface area contributed by atoms with Crippen LogP contribution in [0.15, 0.2) is 24.3 Å². The fraction of sp³-hybridized carbons (Fsp3) is 0.625. The van der Waals surface area contributed by atoms with E-state index in [9.17, 15) is 8.42 Å². The zero-order valence-electron chi connectivity index (χ0n) is 12.6. The Kier molecular flexibility index (Phi) is 4.55. The number of sulfone groups is 1. The lowest BCUT2D eigenvalue weighted by Gasteiger charge is -2.20. The van der Waals surface area contributed by atoms with E-state index in [1.54, 1.807) is 0 Å². The highest BCUT2D eigenvalue weighted by atomic mass is 32.2. The second-order valence-electron chi connectivity index (χ2n) is 6.64. The molecular formula is C16H24O3S. The van der Waals surface area contributed by atoms with Crippen molar-refractivity contribution in [3.05, 3.63) is 35.4 Å². The number of hydrogen-bond acceptors (Lipinski definition) is 3. The quantitative estimate of drug-likeness (QED) is 0.857. The predicted molar refractivity (Wildman–Crippen MR) is 81.6 cm³/mol. The molecule has 1 atom stereocenters. The fourth-order valence-electron chi connectivity index (χ4n) is 2.50. The van der Waals surface area contributed by atoms with Gasteiger partial charge in [0.1, 0.15) is 0 Å². The summed E-state index contributed by atoms with van der Waals surface area (Å²) in [6.07, 6.45) is 1.73. The molecule has 0 N–H and O–H groups in total. The van der Waals surface area contributed by atoms with Gasteiger partial charge in [-0.1, -0.05) is 45.0 Å². The average Bonchev–Trinajstić information content (AvgIpc) is 2.79.